The first-order valence-electron chi connectivity index (χ1n) is 6.24. The fourth-order valence-corrected chi connectivity index (χ4v) is 1.22. The summed E-state index contributed by atoms with van der Waals surface area (Å²) in [6.07, 6.45) is 1.78. The number of unbranched alkanes of at least 4 members (excludes halogenated alkanes) is 1. The van der Waals surface area contributed by atoms with E-state index in [0.29, 0.717) is 26.1 Å². The lowest BCUT2D eigenvalue weighted by Crippen LogP contribution is -2.22. The molecule has 106 valence electrons. The molecule has 2 atom stereocenters. The lowest BCUT2D eigenvalue weighted by molar-refractivity contribution is -0.146. The average molecular weight is 260 g/mol. The van der Waals surface area contributed by atoms with Crippen LogP contribution in [0.1, 0.15) is 39.5 Å². The van der Waals surface area contributed by atoms with Crippen molar-refractivity contribution >= 4 is 11.9 Å². The van der Waals surface area contributed by atoms with E-state index in [1.807, 2.05) is 0 Å². The Bertz CT molecular complexity index is 228. The summed E-state index contributed by atoms with van der Waals surface area (Å²) in [6.45, 7) is 4.16. The molecule has 6 heteroatoms. The van der Waals surface area contributed by atoms with Gasteiger partial charge >= 0.3 is 11.9 Å². The molecular formula is C12H24N2O4. The Labute approximate surface area is 108 Å². The van der Waals surface area contributed by atoms with Crippen LogP contribution < -0.4 is 11.5 Å². The van der Waals surface area contributed by atoms with Gasteiger partial charge in [-0.1, -0.05) is 0 Å². The van der Waals surface area contributed by atoms with E-state index in [-0.39, 0.29) is 36.9 Å². The third-order valence-corrected chi connectivity index (χ3v) is 2.04. The van der Waals surface area contributed by atoms with Crippen molar-refractivity contribution in [3.05, 3.63) is 0 Å². The second-order valence-corrected chi connectivity index (χ2v) is 4.51. The Balaban J connectivity index is 3.36. The summed E-state index contributed by atoms with van der Waals surface area (Å²) in [6, 6.07) is -0.367. The van der Waals surface area contributed by atoms with Crippen LogP contribution in [0, 0.1) is 0 Å². The molecule has 0 amide bonds. The van der Waals surface area contributed by atoms with Gasteiger partial charge in [0.05, 0.1) is 26.1 Å². The minimum atomic E-state index is -0.293. The predicted octanol–water partition coefficient (Wildman–Crippen LogP) is 0.328. The summed E-state index contributed by atoms with van der Waals surface area (Å²) >= 11 is 0. The highest BCUT2D eigenvalue weighted by molar-refractivity contribution is 5.70. The first-order valence-corrected chi connectivity index (χ1v) is 6.24. The summed E-state index contributed by atoms with van der Waals surface area (Å²) in [5.41, 5.74) is 10.9. The summed E-state index contributed by atoms with van der Waals surface area (Å²) < 4.78 is 9.89. The fraction of sp³-hybridized carbons (Fsp3) is 0.833. The molecule has 4 N–H and O–H groups in total. The molecule has 0 saturated carbocycles. The van der Waals surface area contributed by atoms with Gasteiger partial charge in [0, 0.05) is 12.1 Å². The van der Waals surface area contributed by atoms with Gasteiger partial charge in [-0.15, -0.1) is 0 Å². The van der Waals surface area contributed by atoms with Crippen molar-refractivity contribution in [2.75, 3.05) is 13.2 Å². The van der Waals surface area contributed by atoms with Crippen LogP contribution in [-0.4, -0.2) is 37.2 Å². The van der Waals surface area contributed by atoms with E-state index in [1.54, 1.807) is 13.8 Å². The minimum Gasteiger partial charge on any atom is -0.466 e. The molecule has 0 aliphatic carbocycles. The van der Waals surface area contributed by atoms with Crippen LogP contribution in [0.5, 0.6) is 0 Å². The van der Waals surface area contributed by atoms with Gasteiger partial charge < -0.3 is 20.9 Å². The van der Waals surface area contributed by atoms with Crippen LogP contribution in [0.3, 0.4) is 0 Å². The highest BCUT2D eigenvalue weighted by Crippen LogP contribution is 1.97. The maximum Gasteiger partial charge on any atom is 0.307 e. The molecule has 6 nitrogen and oxygen atoms in total. The normalized spacial score (nSPS) is 13.8. The van der Waals surface area contributed by atoms with E-state index < -0.39 is 0 Å². The molecule has 0 bridgehead atoms. The summed E-state index contributed by atoms with van der Waals surface area (Å²) in [4.78, 5) is 22.2. The van der Waals surface area contributed by atoms with Crippen molar-refractivity contribution in [3.63, 3.8) is 0 Å². The number of hydrogen-bond donors (Lipinski definition) is 2. The lowest BCUT2D eigenvalue weighted by Gasteiger charge is -2.08. The Morgan fingerprint density at radius 3 is 1.50 bits per heavy atom. The Hall–Kier alpha value is -1.14. The number of rotatable bonds is 9. The standard InChI is InChI=1S/C12H24N2O4/c1-9(13)7-11(15)17-5-3-4-6-18-12(16)8-10(2)14/h9-10H,3-8,13-14H2,1-2H3. The Kier molecular flexibility index (Phi) is 9.22. The molecule has 0 spiro atoms. The number of carbonyl (C=O) groups excluding carboxylic acids is 2. The van der Waals surface area contributed by atoms with E-state index in [0.717, 1.165) is 0 Å². The van der Waals surface area contributed by atoms with Crippen LogP contribution >= 0.6 is 0 Å². The van der Waals surface area contributed by atoms with Gasteiger partial charge in [-0.3, -0.25) is 9.59 Å². The van der Waals surface area contributed by atoms with Crippen molar-refractivity contribution in [1.82, 2.24) is 0 Å². The van der Waals surface area contributed by atoms with Gasteiger partial charge in [0.2, 0.25) is 0 Å². The maximum atomic E-state index is 11.1. The Morgan fingerprint density at radius 1 is 0.889 bits per heavy atom. The molecule has 0 aromatic rings. The molecule has 0 aliphatic heterocycles. The molecule has 2 unspecified atom stereocenters. The van der Waals surface area contributed by atoms with Gasteiger partial charge in [0.25, 0.3) is 0 Å². The SMILES string of the molecule is CC(N)CC(=O)OCCCCOC(=O)CC(C)N. The van der Waals surface area contributed by atoms with Crippen molar-refractivity contribution in [2.45, 2.75) is 51.6 Å². The zero-order valence-corrected chi connectivity index (χ0v) is 11.2. The van der Waals surface area contributed by atoms with E-state index in [9.17, 15) is 9.59 Å². The minimum absolute atomic E-state index is 0.184. The van der Waals surface area contributed by atoms with E-state index in [4.69, 9.17) is 20.9 Å². The monoisotopic (exact) mass is 260 g/mol. The van der Waals surface area contributed by atoms with Crippen LogP contribution in [0.2, 0.25) is 0 Å². The molecule has 0 radical (unpaired) electrons. The molecule has 0 fully saturated rings. The smallest absolute Gasteiger partial charge is 0.307 e. The number of hydrogen-bond acceptors (Lipinski definition) is 6. The Morgan fingerprint density at radius 2 is 1.22 bits per heavy atom. The molecule has 0 aliphatic rings. The number of esters is 2. The molecule has 0 rings (SSSR count). The second kappa shape index (κ2) is 9.85. The van der Waals surface area contributed by atoms with E-state index in [2.05, 4.69) is 0 Å². The van der Waals surface area contributed by atoms with Crippen LogP contribution in [0.25, 0.3) is 0 Å². The highest BCUT2D eigenvalue weighted by Gasteiger charge is 2.07. The molecule has 0 heterocycles. The van der Waals surface area contributed by atoms with E-state index in [1.165, 1.54) is 0 Å². The van der Waals surface area contributed by atoms with Crippen LogP contribution in [0.4, 0.5) is 0 Å². The molecule has 0 saturated heterocycles. The summed E-state index contributed by atoms with van der Waals surface area (Å²) in [7, 11) is 0. The third kappa shape index (κ3) is 11.3. The summed E-state index contributed by atoms with van der Waals surface area (Å²) in [5.74, 6) is -0.585. The highest BCUT2D eigenvalue weighted by atomic mass is 16.5. The molecule has 18 heavy (non-hydrogen) atoms. The largest absolute Gasteiger partial charge is 0.466 e. The van der Waals surface area contributed by atoms with Crippen molar-refractivity contribution in [1.29, 1.82) is 0 Å². The first kappa shape index (κ1) is 16.9. The molecule has 0 aromatic carbocycles. The zero-order valence-electron chi connectivity index (χ0n) is 11.2. The second-order valence-electron chi connectivity index (χ2n) is 4.51. The van der Waals surface area contributed by atoms with Crippen molar-refractivity contribution < 1.29 is 19.1 Å². The zero-order chi connectivity index (χ0) is 14.0. The topological polar surface area (TPSA) is 105 Å². The van der Waals surface area contributed by atoms with Gasteiger partial charge in [-0.25, -0.2) is 0 Å². The number of carbonyl (C=O) groups is 2. The number of nitrogens with two attached hydrogens (primary N) is 2. The lowest BCUT2D eigenvalue weighted by atomic mass is 10.2. The number of ether oxygens (including phenoxy) is 2. The quantitative estimate of drug-likeness (QED) is 0.457. The van der Waals surface area contributed by atoms with Crippen LogP contribution in [0.15, 0.2) is 0 Å². The maximum absolute atomic E-state index is 11.1. The summed E-state index contributed by atoms with van der Waals surface area (Å²) in [5, 5.41) is 0. The van der Waals surface area contributed by atoms with Gasteiger partial charge in [-0.05, 0) is 26.7 Å². The van der Waals surface area contributed by atoms with E-state index >= 15 is 0 Å². The van der Waals surface area contributed by atoms with Crippen molar-refractivity contribution in [2.24, 2.45) is 11.5 Å². The predicted molar refractivity (Wildman–Crippen MR) is 67.7 cm³/mol. The molecular weight excluding hydrogens is 236 g/mol. The van der Waals surface area contributed by atoms with Gasteiger partial charge in [0.15, 0.2) is 0 Å². The molecule has 0 aromatic heterocycles. The van der Waals surface area contributed by atoms with Gasteiger partial charge in [0.1, 0.15) is 0 Å². The fourth-order valence-electron chi connectivity index (χ4n) is 1.22. The van der Waals surface area contributed by atoms with Gasteiger partial charge in [-0.2, -0.15) is 0 Å². The average Bonchev–Trinajstić information content (AvgIpc) is 2.20. The first-order chi connectivity index (χ1) is 8.41. The third-order valence-electron chi connectivity index (χ3n) is 2.04. The van der Waals surface area contributed by atoms with Crippen LogP contribution in [-0.2, 0) is 19.1 Å². The van der Waals surface area contributed by atoms with Crippen molar-refractivity contribution in [3.8, 4) is 0 Å².